The largest absolute Gasteiger partial charge is 0.378 e. The summed E-state index contributed by atoms with van der Waals surface area (Å²) in [5, 5.41) is 3.69. The van der Waals surface area contributed by atoms with Gasteiger partial charge in [0.1, 0.15) is 0 Å². The normalized spacial score (nSPS) is 30.5. The van der Waals surface area contributed by atoms with Gasteiger partial charge < -0.3 is 10.1 Å². The van der Waals surface area contributed by atoms with E-state index in [0.717, 1.165) is 25.1 Å². The molecule has 2 rings (SSSR count). The second kappa shape index (κ2) is 8.16. The summed E-state index contributed by atoms with van der Waals surface area (Å²) in [7, 11) is 0. The zero-order valence-electron chi connectivity index (χ0n) is 12.1. The molecule has 0 aliphatic heterocycles. The average Bonchev–Trinajstić information content (AvgIpc) is 2.42. The summed E-state index contributed by atoms with van der Waals surface area (Å²) < 4.78 is 6.04. The van der Waals surface area contributed by atoms with E-state index in [2.05, 4.69) is 12.2 Å². The molecule has 0 saturated heterocycles. The maximum absolute atomic E-state index is 6.04. The molecule has 0 spiro atoms. The molecular weight excluding hydrogens is 222 g/mol. The Kier molecular flexibility index (Phi) is 6.50. The first-order valence-corrected chi connectivity index (χ1v) is 8.21. The predicted molar refractivity (Wildman–Crippen MR) is 76.9 cm³/mol. The Morgan fingerprint density at radius 2 is 1.67 bits per heavy atom. The molecular formula is C16H31NO. The Labute approximate surface area is 113 Å². The molecule has 0 amide bonds. The summed E-state index contributed by atoms with van der Waals surface area (Å²) in [5.41, 5.74) is 0. The fourth-order valence-electron chi connectivity index (χ4n) is 3.45. The number of hydrogen-bond acceptors (Lipinski definition) is 2. The van der Waals surface area contributed by atoms with Crippen LogP contribution in [0.3, 0.4) is 0 Å². The van der Waals surface area contributed by atoms with Gasteiger partial charge in [0.25, 0.3) is 0 Å². The van der Waals surface area contributed by atoms with Crippen LogP contribution >= 0.6 is 0 Å². The first-order chi connectivity index (χ1) is 8.86. The summed E-state index contributed by atoms with van der Waals surface area (Å²) in [6, 6.07) is 0.798. The van der Waals surface area contributed by atoms with Crippen molar-refractivity contribution in [3.05, 3.63) is 0 Å². The molecule has 2 heteroatoms. The molecule has 2 aliphatic carbocycles. The minimum atomic E-state index is 0.549. The molecule has 18 heavy (non-hydrogen) atoms. The molecule has 2 nitrogen and oxygen atoms in total. The van der Waals surface area contributed by atoms with E-state index in [-0.39, 0.29) is 0 Å². The third kappa shape index (κ3) is 4.89. The van der Waals surface area contributed by atoms with Gasteiger partial charge in [0, 0.05) is 12.6 Å². The summed E-state index contributed by atoms with van der Waals surface area (Å²) in [6.07, 6.45) is 14.2. The highest BCUT2D eigenvalue weighted by molar-refractivity contribution is 4.73. The van der Waals surface area contributed by atoms with Gasteiger partial charge in [-0.1, -0.05) is 39.0 Å². The van der Waals surface area contributed by atoms with Crippen molar-refractivity contribution in [1.82, 2.24) is 5.32 Å². The molecule has 106 valence electrons. The van der Waals surface area contributed by atoms with E-state index in [9.17, 15) is 0 Å². The standard InChI is InChI=1S/C16H31NO/c1-14-8-5-6-11-16(14)18-13-7-12-17-15-9-3-2-4-10-15/h14-17H,2-13H2,1H3. The number of hydrogen-bond donors (Lipinski definition) is 1. The quantitative estimate of drug-likeness (QED) is 0.725. The van der Waals surface area contributed by atoms with Gasteiger partial charge in [0.15, 0.2) is 0 Å². The molecule has 2 unspecified atom stereocenters. The van der Waals surface area contributed by atoms with E-state index < -0.39 is 0 Å². The summed E-state index contributed by atoms with van der Waals surface area (Å²) in [4.78, 5) is 0. The first-order valence-electron chi connectivity index (χ1n) is 8.21. The van der Waals surface area contributed by atoms with Gasteiger partial charge in [-0.25, -0.2) is 0 Å². The highest BCUT2D eigenvalue weighted by atomic mass is 16.5. The SMILES string of the molecule is CC1CCCCC1OCCCNC1CCCCC1. The number of ether oxygens (including phenoxy) is 1. The third-order valence-electron chi connectivity index (χ3n) is 4.72. The average molecular weight is 253 g/mol. The lowest BCUT2D eigenvalue weighted by Gasteiger charge is -2.29. The molecule has 0 aromatic rings. The van der Waals surface area contributed by atoms with Crippen LogP contribution in [0.1, 0.15) is 71.1 Å². The van der Waals surface area contributed by atoms with Crippen molar-refractivity contribution in [2.24, 2.45) is 5.92 Å². The topological polar surface area (TPSA) is 21.3 Å². The lowest BCUT2D eigenvalue weighted by molar-refractivity contribution is -0.00595. The van der Waals surface area contributed by atoms with Crippen molar-refractivity contribution in [2.45, 2.75) is 83.3 Å². The molecule has 1 N–H and O–H groups in total. The van der Waals surface area contributed by atoms with Crippen LogP contribution in [-0.2, 0) is 4.74 Å². The van der Waals surface area contributed by atoms with Crippen LogP contribution in [0.4, 0.5) is 0 Å². The van der Waals surface area contributed by atoms with Crippen molar-refractivity contribution in [3.8, 4) is 0 Å². The van der Waals surface area contributed by atoms with Crippen molar-refractivity contribution in [1.29, 1.82) is 0 Å². The van der Waals surface area contributed by atoms with Gasteiger partial charge in [-0.3, -0.25) is 0 Å². The third-order valence-corrected chi connectivity index (χ3v) is 4.72. The van der Waals surface area contributed by atoms with Crippen LogP contribution < -0.4 is 5.32 Å². The summed E-state index contributed by atoms with van der Waals surface area (Å²) in [6.45, 7) is 4.45. The van der Waals surface area contributed by atoms with Crippen molar-refractivity contribution in [3.63, 3.8) is 0 Å². The molecule has 2 aliphatic rings. The fourth-order valence-corrected chi connectivity index (χ4v) is 3.45. The van der Waals surface area contributed by atoms with Crippen LogP contribution in [0.15, 0.2) is 0 Å². The molecule has 2 fully saturated rings. The van der Waals surface area contributed by atoms with Gasteiger partial charge in [-0.2, -0.15) is 0 Å². The molecule has 0 aromatic carbocycles. The first kappa shape index (κ1) is 14.3. The zero-order chi connectivity index (χ0) is 12.6. The van der Waals surface area contributed by atoms with E-state index in [1.807, 2.05) is 0 Å². The minimum Gasteiger partial charge on any atom is -0.378 e. The fraction of sp³-hybridized carbons (Fsp3) is 1.00. The predicted octanol–water partition coefficient (Wildman–Crippen LogP) is 3.89. The summed E-state index contributed by atoms with van der Waals surface area (Å²) >= 11 is 0. The highest BCUT2D eigenvalue weighted by Crippen LogP contribution is 2.26. The van der Waals surface area contributed by atoms with Crippen LogP contribution in [0.2, 0.25) is 0 Å². The van der Waals surface area contributed by atoms with Crippen LogP contribution in [0.25, 0.3) is 0 Å². The lowest BCUT2D eigenvalue weighted by atomic mass is 9.88. The Morgan fingerprint density at radius 3 is 2.44 bits per heavy atom. The van der Waals surface area contributed by atoms with Crippen molar-refractivity contribution in [2.75, 3.05) is 13.2 Å². The minimum absolute atomic E-state index is 0.549. The smallest absolute Gasteiger partial charge is 0.0600 e. The van der Waals surface area contributed by atoms with Crippen LogP contribution in [0, 0.1) is 5.92 Å². The Hall–Kier alpha value is -0.0800. The van der Waals surface area contributed by atoms with Crippen molar-refractivity contribution < 1.29 is 4.74 Å². The Bertz CT molecular complexity index is 213. The van der Waals surface area contributed by atoms with Gasteiger partial charge in [-0.15, -0.1) is 0 Å². The maximum atomic E-state index is 6.04. The van der Waals surface area contributed by atoms with E-state index in [1.165, 1.54) is 64.2 Å². The second-order valence-corrected chi connectivity index (χ2v) is 6.31. The zero-order valence-corrected chi connectivity index (χ0v) is 12.1. The van der Waals surface area contributed by atoms with Gasteiger partial charge in [-0.05, 0) is 44.6 Å². The van der Waals surface area contributed by atoms with E-state index >= 15 is 0 Å². The molecule has 2 saturated carbocycles. The van der Waals surface area contributed by atoms with E-state index in [0.29, 0.717) is 6.10 Å². The van der Waals surface area contributed by atoms with Gasteiger partial charge in [0.05, 0.1) is 6.10 Å². The highest BCUT2D eigenvalue weighted by Gasteiger charge is 2.21. The molecule has 0 heterocycles. The Balaban J connectivity index is 1.47. The lowest BCUT2D eigenvalue weighted by Crippen LogP contribution is -2.32. The van der Waals surface area contributed by atoms with Gasteiger partial charge >= 0.3 is 0 Å². The molecule has 0 radical (unpaired) electrons. The van der Waals surface area contributed by atoms with Crippen LogP contribution in [0.5, 0.6) is 0 Å². The second-order valence-electron chi connectivity index (χ2n) is 6.31. The molecule has 0 bridgehead atoms. The summed E-state index contributed by atoms with van der Waals surface area (Å²) in [5.74, 6) is 0.782. The van der Waals surface area contributed by atoms with Crippen molar-refractivity contribution >= 4 is 0 Å². The van der Waals surface area contributed by atoms with E-state index in [1.54, 1.807) is 0 Å². The van der Waals surface area contributed by atoms with Gasteiger partial charge in [0.2, 0.25) is 0 Å². The molecule has 2 atom stereocenters. The maximum Gasteiger partial charge on any atom is 0.0600 e. The van der Waals surface area contributed by atoms with E-state index in [4.69, 9.17) is 4.74 Å². The number of nitrogens with one attached hydrogen (secondary N) is 1. The molecule has 0 aromatic heterocycles. The van der Waals surface area contributed by atoms with Crippen LogP contribution in [-0.4, -0.2) is 25.3 Å². The number of rotatable bonds is 6. The Morgan fingerprint density at radius 1 is 0.944 bits per heavy atom. The monoisotopic (exact) mass is 253 g/mol.